The number of thioether (sulfide) groups is 1. The fraction of sp³-hybridized carbons (Fsp3) is 0.450. The van der Waals surface area contributed by atoms with E-state index in [0.717, 1.165) is 42.4 Å². The number of morpholine rings is 1. The lowest BCUT2D eigenvalue weighted by atomic mass is 10.1. The highest BCUT2D eigenvalue weighted by molar-refractivity contribution is 7.99. The van der Waals surface area contributed by atoms with Crippen LogP contribution in [-0.4, -0.2) is 79.4 Å². The minimum atomic E-state index is -3.58. The molecule has 3 heterocycles. The van der Waals surface area contributed by atoms with Crippen molar-refractivity contribution in [3.05, 3.63) is 47.8 Å². The summed E-state index contributed by atoms with van der Waals surface area (Å²) in [6.07, 6.45) is 1.39. The van der Waals surface area contributed by atoms with Crippen LogP contribution in [0, 0.1) is 0 Å². The van der Waals surface area contributed by atoms with Crippen LogP contribution >= 0.6 is 11.8 Å². The summed E-state index contributed by atoms with van der Waals surface area (Å²) in [7, 11) is -3.58. The average molecular weight is 451 g/mol. The van der Waals surface area contributed by atoms with Gasteiger partial charge >= 0.3 is 0 Å². The number of hydrogen-bond donors (Lipinski definition) is 2. The Balaban J connectivity index is 1.46. The van der Waals surface area contributed by atoms with Crippen molar-refractivity contribution >= 4 is 33.4 Å². The van der Waals surface area contributed by atoms with E-state index in [1.54, 1.807) is 11.8 Å². The Kier molecular flexibility index (Phi) is 6.79. The summed E-state index contributed by atoms with van der Waals surface area (Å²) in [5, 5.41) is 2.92. The zero-order chi connectivity index (χ0) is 21.0. The number of nitrogens with one attached hydrogen (secondary N) is 2. The van der Waals surface area contributed by atoms with Gasteiger partial charge in [-0.3, -0.25) is 9.69 Å². The zero-order valence-electron chi connectivity index (χ0n) is 16.7. The number of amides is 1. The van der Waals surface area contributed by atoms with Gasteiger partial charge in [0, 0.05) is 56.1 Å². The summed E-state index contributed by atoms with van der Waals surface area (Å²) in [4.78, 5) is 18.0. The number of sulfonamides is 1. The molecular weight excluding hydrogens is 424 g/mol. The van der Waals surface area contributed by atoms with Crippen LogP contribution in [0.2, 0.25) is 0 Å². The Morgan fingerprint density at radius 3 is 2.63 bits per heavy atom. The Morgan fingerprint density at radius 1 is 1.13 bits per heavy atom. The molecule has 2 N–H and O–H groups in total. The predicted molar refractivity (Wildman–Crippen MR) is 117 cm³/mol. The van der Waals surface area contributed by atoms with Crippen molar-refractivity contribution < 1.29 is 17.9 Å². The molecule has 2 aliphatic heterocycles. The number of carbonyl (C=O) groups is 1. The van der Waals surface area contributed by atoms with Gasteiger partial charge in [0.25, 0.3) is 5.91 Å². The number of anilines is 1. The summed E-state index contributed by atoms with van der Waals surface area (Å²) in [6.45, 7) is 4.85. The average Bonchev–Trinajstić information content (AvgIpc) is 3.28. The van der Waals surface area contributed by atoms with Crippen LogP contribution in [0.4, 0.5) is 5.69 Å². The molecule has 1 aromatic heterocycles. The van der Waals surface area contributed by atoms with E-state index in [2.05, 4.69) is 15.2 Å². The standard InChI is InChI=1S/C20H26N4O4S2/c25-20(19-13-17(14-21-19)30(26,27)24-7-11-29-12-8-24)22-18-4-2-1-3-16(18)15-23-5-9-28-10-6-23/h1-4,13-14,21H,5-12,15H2,(H,22,25). The van der Waals surface area contributed by atoms with E-state index < -0.39 is 10.0 Å². The lowest BCUT2D eigenvalue weighted by Crippen LogP contribution is -2.37. The molecule has 0 spiro atoms. The molecule has 30 heavy (non-hydrogen) atoms. The Hall–Kier alpha value is -1.85. The van der Waals surface area contributed by atoms with Gasteiger partial charge in [-0.25, -0.2) is 8.42 Å². The van der Waals surface area contributed by atoms with Crippen LogP contribution < -0.4 is 5.32 Å². The smallest absolute Gasteiger partial charge is 0.272 e. The lowest BCUT2D eigenvalue weighted by molar-refractivity contribution is 0.0342. The maximum absolute atomic E-state index is 12.8. The highest BCUT2D eigenvalue weighted by atomic mass is 32.2. The fourth-order valence-electron chi connectivity index (χ4n) is 3.56. The zero-order valence-corrected chi connectivity index (χ0v) is 18.3. The molecule has 0 unspecified atom stereocenters. The van der Waals surface area contributed by atoms with Gasteiger partial charge in [0.05, 0.1) is 13.2 Å². The van der Waals surface area contributed by atoms with Crippen molar-refractivity contribution in [2.75, 3.05) is 56.2 Å². The molecular formula is C20H26N4O4S2. The number of H-pyrrole nitrogens is 1. The monoisotopic (exact) mass is 450 g/mol. The third kappa shape index (κ3) is 4.89. The normalized spacial score (nSPS) is 18.9. The summed E-state index contributed by atoms with van der Waals surface area (Å²) >= 11 is 1.75. The molecule has 162 valence electrons. The van der Waals surface area contributed by atoms with Crippen LogP contribution in [0.25, 0.3) is 0 Å². The van der Waals surface area contributed by atoms with E-state index in [4.69, 9.17) is 4.74 Å². The van der Waals surface area contributed by atoms with Crippen molar-refractivity contribution in [3.8, 4) is 0 Å². The second-order valence-corrected chi connectivity index (χ2v) is 10.4. The highest BCUT2D eigenvalue weighted by Gasteiger charge is 2.28. The molecule has 2 aliphatic rings. The predicted octanol–water partition coefficient (Wildman–Crippen LogP) is 1.84. The quantitative estimate of drug-likeness (QED) is 0.697. The third-order valence-electron chi connectivity index (χ3n) is 5.27. The molecule has 0 radical (unpaired) electrons. The van der Waals surface area contributed by atoms with E-state index in [9.17, 15) is 13.2 Å². The molecule has 0 aliphatic carbocycles. The number of para-hydroxylation sites is 1. The summed E-state index contributed by atoms with van der Waals surface area (Å²) < 4.78 is 32.5. The number of benzene rings is 1. The molecule has 10 heteroatoms. The van der Waals surface area contributed by atoms with Crippen molar-refractivity contribution in [2.24, 2.45) is 0 Å². The summed E-state index contributed by atoms with van der Waals surface area (Å²) in [6, 6.07) is 9.08. The van der Waals surface area contributed by atoms with Gasteiger partial charge in [-0.1, -0.05) is 18.2 Å². The van der Waals surface area contributed by atoms with Crippen LogP contribution in [0.5, 0.6) is 0 Å². The lowest BCUT2D eigenvalue weighted by Gasteiger charge is -2.27. The van der Waals surface area contributed by atoms with Crippen molar-refractivity contribution in [1.29, 1.82) is 0 Å². The Morgan fingerprint density at radius 2 is 1.87 bits per heavy atom. The molecule has 4 rings (SSSR count). The number of hydrogen-bond acceptors (Lipinski definition) is 6. The first-order chi connectivity index (χ1) is 14.5. The van der Waals surface area contributed by atoms with E-state index in [0.29, 0.717) is 26.3 Å². The molecule has 2 fully saturated rings. The van der Waals surface area contributed by atoms with Crippen LogP contribution in [0.15, 0.2) is 41.4 Å². The van der Waals surface area contributed by atoms with Gasteiger partial charge in [0.15, 0.2) is 0 Å². The largest absolute Gasteiger partial charge is 0.379 e. The van der Waals surface area contributed by atoms with Crippen LogP contribution in [-0.2, 0) is 21.3 Å². The number of aromatic nitrogens is 1. The first-order valence-electron chi connectivity index (χ1n) is 10.00. The van der Waals surface area contributed by atoms with E-state index in [-0.39, 0.29) is 16.5 Å². The fourth-order valence-corrected chi connectivity index (χ4v) is 6.13. The molecule has 2 saturated heterocycles. The number of carbonyl (C=O) groups excluding carboxylic acids is 1. The van der Waals surface area contributed by atoms with Crippen LogP contribution in [0.1, 0.15) is 16.1 Å². The third-order valence-corrected chi connectivity index (χ3v) is 8.09. The van der Waals surface area contributed by atoms with Gasteiger partial charge < -0.3 is 15.0 Å². The number of aromatic amines is 1. The summed E-state index contributed by atoms with van der Waals surface area (Å²) in [5.41, 5.74) is 1.96. The maximum Gasteiger partial charge on any atom is 0.272 e. The number of rotatable bonds is 6. The first-order valence-corrected chi connectivity index (χ1v) is 12.6. The minimum Gasteiger partial charge on any atom is -0.379 e. The first kappa shape index (κ1) is 21.4. The molecule has 8 nitrogen and oxygen atoms in total. The van der Waals surface area contributed by atoms with Gasteiger partial charge in [0.1, 0.15) is 10.6 Å². The SMILES string of the molecule is O=C(Nc1ccccc1CN1CCOCC1)c1cc(S(=O)(=O)N2CCSCC2)c[nH]1. The van der Waals surface area contributed by atoms with Crippen molar-refractivity contribution in [2.45, 2.75) is 11.4 Å². The maximum atomic E-state index is 12.8. The van der Waals surface area contributed by atoms with E-state index in [1.165, 1.54) is 16.6 Å². The molecule has 0 bridgehead atoms. The van der Waals surface area contributed by atoms with Gasteiger partial charge in [-0.2, -0.15) is 16.1 Å². The van der Waals surface area contributed by atoms with Gasteiger partial charge in [-0.05, 0) is 17.7 Å². The second kappa shape index (κ2) is 9.52. The number of ether oxygens (including phenoxy) is 1. The topological polar surface area (TPSA) is 94.7 Å². The van der Waals surface area contributed by atoms with Crippen LogP contribution in [0.3, 0.4) is 0 Å². The number of nitrogens with zero attached hydrogens (tertiary/aromatic N) is 2. The Labute approximate surface area is 181 Å². The molecule has 2 aromatic rings. The molecule has 0 saturated carbocycles. The van der Waals surface area contributed by atoms with Gasteiger partial charge in [0.2, 0.25) is 10.0 Å². The molecule has 1 amide bonds. The minimum absolute atomic E-state index is 0.126. The second-order valence-electron chi connectivity index (χ2n) is 7.27. The highest BCUT2D eigenvalue weighted by Crippen LogP contribution is 2.22. The van der Waals surface area contributed by atoms with Gasteiger partial charge in [-0.15, -0.1) is 0 Å². The summed E-state index contributed by atoms with van der Waals surface area (Å²) in [5.74, 6) is 1.22. The van der Waals surface area contributed by atoms with E-state index in [1.807, 2.05) is 24.3 Å². The molecule has 1 aromatic carbocycles. The van der Waals surface area contributed by atoms with E-state index >= 15 is 0 Å². The Bertz CT molecular complexity index is 980. The molecule has 0 atom stereocenters. The van der Waals surface area contributed by atoms with Crippen molar-refractivity contribution in [1.82, 2.24) is 14.2 Å². The van der Waals surface area contributed by atoms with Crippen molar-refractivity contribution in [3.63, 3.8) is 0 Å².